The molecule has 0 unspecified atom stereocenters. The summed E-state index contributed by atoms with van der Waals surface area (Å²) in [6, 6.07) is 9.67. The van der Waals surface area contributed by atoms with Crippen molar-refractivity contribution >= 4 is 22.8 Å². The van der Waals surface area contributed by atoms with E-state index in [4.69, 9.17) is 0 Å². The zero-order valence-electron chi connectivity index (χ0n) is 11.8. The van der Waals surface area contributed by atoms with Gasteiger partial charge in [0.1, 0.15) is 5.82 Å². The second kappa shape index (κ2) is 5.70. The van der Waals surface area contributed by atoms with Gasteiger partial charge in [-0.2, -0.15) is 5.10 Å². The van der Waals surface area contributed by atoms with Crippen molar-refractivity contribution < 1.29 is 4.79 Å². The summed E-state index contributed by atoms with van der Waals surface area (Å²) in [5.41, 5.74) is 2.32. The lowest BCUT2D eigenvalue weighted by Crippen LogP contribution is -2.31. The Hall–Kier alpha value is -2.76. The van der Waals surface area contributed by atoms with E-state index in [9.17, 15) is 4.79 Å². The van der Waals surface area contributed by atoms with Crippen molar-refractivity contribution in [1.29, 1.82) is 0 Å². The normalized spacial score (nSPS) is 10.7. The Morgan fingerprint density at radius 1 is 1.33 bits per heavy atom. The van der Waals surface area contributed by atoms with Gasteiger partial charge in [0.15, 0.2) is 0 Å². The maximum absolute atomic E-state index is 11.8. The lowest BCUT2D eigenvalue weighted by atomic mass is 10.1. The minimum atomic E-state index is -0.224. The molecule has 0 saturated heterocycles. The third kappa shape index (κ3) is 2.89. The second-order valence-electron chi connectivity index (χ2n) is 4.83. The molecule has 0 aliphatic carbocycles. The van der Waals surface area contributed by atoms with E-state index in [0.717, 1.165) is 11.9 Å². The maximum atomic E-state index is 11.8. The molecule has 2 heterocycles. The van der Waals surface area contributed by atoms with Gasteiger partial charge >= 0.3 is 6.03 Å². The Balaban J connectivity index is 1.54. The molecule has 0 spiro atoms. The molecule has 0 radical (unpaired) electrons. The summed E-state index contributed by atoms with van der Waals surface area (Å²) in [5.74, 6) is 0.666. The van der Waals surface area contributed by atoms with Crippen molar-refractivity contribution in [2.45, 2.75) is 6.42 Å². The van der Waals surface area contributed by atoms with Crippen LogP contribution in [0.15, 0.2) is 42.7 Å². The lowest BCUT2D eigenvalue weighted by Gasteiger charge is -2.07. The van der Waals surface area contributed by atoms with Gasteiger partial charge in [-0.15, -0.1) is 0 Å². The van der Waals surface area contributed by atoms with E-state index in [1.165, 1.54) is 10.9 Å². The Morgan fingerprint density at radius 2 is 2.19 bits per heavy atom. The molecule has 0 saturated carbocycles. The number of anilines is 1. The quantitative estimate of drug-likeness (QED) is 0.687. The number of hydrogen-bond donors (Lipinski definition) is 3. The summed E-state index contributed by atoms with van der Waals surface area (Å²) in [5, 5.41) is 10.8. The third-order valence-corrected chi connectivity index (χ3v) is 3.42. The Kier molecular flexibility index (Phi) is 3.59. The van der Waals surface area contributed by atoms with Crippen LogP contribution in [0.1, 0.15) is 5.56 Å². The van der Waals surface area contributed by atoms with Crippen LogP contribution in [0.4, 0.5) is 10.6 Å². The van der Waals surface area contributed by atoms with E-state index < -0.39 is 0 Å². The number of aromatic amines is 1. The fraction of sp³-hybridized carbons (Fsp3) is 0.200. The van der Waals surface area contributed by atoms with Gasteiger partial charge in [0.2, 0.25) is 0 Å². The molecule has 0 atom stereocenters. The van der Waals surface area contributed by atoms with Gasteiger partial charge in [-0.1, -0.05) is 18.2 Å². The number of amides is 2. The Morgan fingerprint density at radius 3 is 3.00 bits per heavy atom. The first-order chi connectivity index (χ1) is 10.2. The number of aryl methyl sites for hydroxylation is 1. The van der Waals surface area contributed by atoms with Gasteiger partial charge in [-0.05, 0) is 18.1 Å². The van der Waals surface area contributed by atoms with Gasteiger partial charge in [0.25, 0.3) is 0 Å². The average Bonchev–Trinajstić information content (AvgIpc) is 3.07. The molecule has 0 aliphatic heterocycles. The van der Waals surface area contributed by atoms with Crippen molar-refractivity contribution in [1.82, 2.24) is 20.1 Å². The summed E-state index contributed by atoms with van der Waals surface area (Å²) in [7, 11) is 1.78. The number of para-hydroxylation sites is 1. The molecule has 2 aromatic heterocycles. The fourth-order valence-corrected chi connectivity index (χ4v) is 2.31. The minimum absolute atomic E-state index is 0.224. The predicted molar refractivity (Wildman–Crippen MR) is 82.2 cm³/mol. The number of fused-ring (bicyclic) bond motifs is 1. The minimum Gasteiger partial charge on any atom is -0.361 e. The van der Waals surface area contributed by atoms with Gasteiger partial charge in [0, 0.05) is 36.8 Å². The summed E-state index contributed by atoms with van der Waals surface area (Å²) in [4.78, 5) is 15.0. The highest BCUT2D eigenvalue weighted by Crippen LogP contribution is 2.17. The first-order valence-electron chi connectivity index (χ1n) is 6.82. The van der Waals surface area contributed by atoms with Crippen LogP contribution in [0.3, 0.4) is 0 Å². The molecular weight excluding hydrogens is 266 g/mol. The average molecular weight is 283 g/mol. The van der Waals surface area contributed by atoms with Crippen LogP contribution in [0, 0.1) is 0 Å². The summed E-state index contributed by atoms with van der Waals surface area (Å²) >= 11 is 0. The van der Waals surface area contributed by atoms with E-state index in [-0.39, 0.29) is 6.03 Å². The molecule has 6 heteroatoms. The number of H-pyrrole nitrogens is 1. The standard InChI is InChI=1S/C15H17N5O/c1-20-14(7-9-18-20)19-15(21)16-8-6-11-10-17-13-5-3-2-4-12(11)13/h2-5,7,9-10,17H,6,8H2,1H3,(H2,16,19,21). The molecule has 0 aliphatic rings. The van der Waals surface area contributed by atoms with E-state index in [1.54, 1.807) is 24.0 Å². The van der Waals surface area contributed by atoms with E-state index >= 15 is 0 Å². The van der Waals surface area contributed by atoms with E-state index in [2.05, 4.69) is 26.8 Å². The highest BCUT2D eigenvalue weighted by molar-refractivity contribution is 5.88. The van der Waals surface area contributed by atoms with Crippen molar-refractivity contribution in [3.05, 3.63) is 48.3 Å². The molecule has 2 amide bonds. The van der Waals surface area contributed by atoms with E-state index in [0.29, 0.717) is 12.4 Å². The fourth-order valence-electron chi connectivity index (χ4n) is 2.31. The zero-order chi connectivity index (χ0) is 14.7. The maximum Gasteiger partial charge on any atom is 0.320 e. The topological polar surface area (TPSA) is 74.7 Å². The van der Waals surface area contributed by atoms with Gasteiger partial charge in [-0.25, -0.2) is 4.79 Å². The van der Waals surface area contributed by atoms with Crippen LogP contribution in [-0.2, 0) is 13.5 Å². The largest absolute Gasteiger partial charge is 0.361 e. The van der Waals surface area contributed by atoms with Gasteiger partial charge in [0.05, 0.1) is 6.20 Å². The van der Waals surface area contributed by atoms with Crippen LogP contribution in [-0.4, -0.2) is 27.3 Å². The Bertz CT molecular complexity index is 758. The molecule has 3 N–H and O–H groups in total. The van der Waals surface area contributed by atoms with Crippen LogP contribution in [0.25, 0.3) is 10.9 Å². The van der Waals surface area contributed by atoms with Gasteiger partial charge < -0.3 is 10.3 Å². The van der Waals surface area contributed by atoms with Crippen LogP contribution in [0.5, 0.6) is 0 Å². The molecule has 3 rings (SSSR count). The van der Waals surface area contributed by atoms with Crippen LogP contribution < -0.4 is 10.6 Å². The summed E-state index contributed by atoms with van der Waals surface area (Å²) in [6.07, 6.45) is 4.41. The lowest BCUT2D eigenvalue weighted by molar-refractivity contribution is 0.252. The molecular formula is C15H17N5O. The molecule has 0 bridgehead atoms. The van der Waals surface area contributed by atoms with Crippen molar-refractivity contribution in [3.8, 4) is 0 Å². The first kappa shape index (κ1) is 13.2. The highest BCUT2D eigenvalue weighted by Gasteiger charge is 2.06. The van der Waals surface area contributed by atoms with Crippen molar-refractivity contribution in [2.24, 2.45) is 7.05 Å². The van der Waals surface area contributed by atoms with Crippen LogP contribution in [0.2, 0.25) is 0 Å². The van der Waals surface area contributed by atoms with Crippen molar-refractivity contribution in [2.75, 3.05) is 11.9 Å². The van der Waals surface area contributed by atoms with Crippen LogP contribution >= 0.6 is 0 Å². The summed E-state index contributed by atoms with van der Waals surface area (Å²) in [6.45, 7) is 0.575. The molecule has 1 aromatic carbocycles. The van der Waals surface area contributed by atoms with Gasteiger partial charge in [-0.3, -0.25) is 10.00 Å². The number of urea groups is 1. The van der Waals surface area contributed by atoms with Crippen molar-refractivity contribution in [3.63, 3.8) is 0 Å². The number of carbonyl (C=O) groups is 1. The molecule has 0 fully saturated rings. The molecule has 6 nitrogen and oxygen atoms in total. The molecule has 108 valence electrons. The second-order valence-corrected chi connectivity index (χ2v) is 4.83. The number of rotatable bonds is 4. The predicted octanol–water partition coefficient (Wildman–Crippen LogP) is 2.27. The number of nitrogens with one attached hydrogen (secondary N) is 3. The number of hydrogen-bond acceptors (Lipinski definition) is 2. The monoisotopic (exact) mass is 283 g/mol. The summed E-state index contributed by atoms with van der Waals surface area (Å²) < 4.78 is 1.61. The number of benzene rings is 1. The number of nitrogens with zero attached hydrogens (tertiary/aromatic N) is 2. The molecule has 3 aromatic rings. The number of aromatic nitrogens is 3. The number of carbonyl (C=O) groups excluding carboxylic acids is 1. The first-order valence-corrected chi connectivity index (χ1v) is 6.82. The van der Waals surface area contributed by atoms with E-state index in [1.807, 2.05) is 24.4 Å². The zero-order valence-corrected chi connectivity index (χ0v) is 11.8. The third-order valence-electron chi connectivity index (χ3n) is 3.42. The highest BCUT2D eigenvalue weighted by atomic mass is 16.2. The molecule has 21 heavy (non-hydrogen) atoms. The Labute approximate surface area is 122 Å². The smallest absolute Gasteiger partial charge is 0.320 e. The SMILES string of the molecule is Cn1nccc1NC(=O)NCCc1c[nH]c2ccccc12.